The van der Waals surface area contributed by atoms with Crippen molar-refractivity contribution >= 4 is 6.03 Å². The molecule has 1 saturated carbocycles. The van der Waals surface area contributed by atoms with Gasteiger partial charge in [-0.3, -0.25) is 0 Å². The van der Waals surface area contributed by atoms with E-state index in [9.17, 15) is 4.79 Å². The van der Waals surface area contributed by atoms with Gasteiger partial charge in [0.25, 0.3) is 0 Å². The Labute approximate surface area is 131 Å². The number of hydrogen-bond donors (Lipinski definition) is 2. The fourth-order valence-corrected chi connectivity index (χ4v) is 2.70. The smallest absolute Gasteiger partial charge is 0.315 e. The minimum Gasteiger partial charge on any atom is -0.376 e. The number of urea groups is 1. The summed E-state index contributed by atoms with van der Waals surface area (Å²) in [4.78, 5) is 15.9. The summed E-state index contributed by atoms with van der Waals surface area (Å²) < 4.78 is 10.9. The van der Waals surface area contributed by atoms with Crippen LogP contribution >= 0.6 is 0 Å². The normalized spacial score (nSPS) is 23.0. The molecule has 1 aromatic rings. The largest absolute Gasteiger partial charge is 0.376 e. The Bertz CT molecular complexity index is 477. The summed E-state index contributed by atoms with van der Waals surface area (Å²) in [6.07, 6.45) is 5.23. The Morgan fingerprint density at radius 1 is 1.45 bits per heavy atom. The van der Waals surface area contributed by atoms with E-state index in [4.69, 9.17) is 9.26 Å². The number of nitrogens with zero attached hydrogens (tertiary/aromatic N) is 2. The molecule has 1 fully saturated rings. The summed E-state index contributed by atoms with van der Waals surface area (Å²) in [6.45, 7) is 6.80. The Balaban J connectivity index is 1.61. The van der Waals surface area contributed by atoms with Crippen LogP contribution in [-0.4, -0.2) is 35.4 Å². The molecule has 0 radical (unpaired) electrons. The maximum atomic E-state index is 11.8. The van der Waals surface area contributed by atoms with Crippen molar-refractivity contribution in [3.05, 3.63) is 11.7 Å². The second kappa shape index (κ2) is 8.12. The molecule has 1 aliphatic rings. The highest BCUT2D eigenvalue weighted by molar-refractivity contribution is 5.74. The van der Waals surface area contributed by atoms with E-state index >= 15 is 0 Å². The van der Waals surface area contributed by atoms with Gasteiger partial charge in [0.05, 0.1) is 12.7 Å². The molecule has 1 heterocycles. The monoisotopic (exact) mass is 310 g/mol. The summed E-state index contributed by atoms with van der Waals surface area (Å²) in [5.74, 6) is 1.57. The molecule has 124 valence electrons. The van der Waals surface area contributed by atoms with Gasteiger partial charge < -0.3 is 19.9 Å². The third-order valence-corrected chi connectivity index (χ3v) is 4.01. The lowest BCUT2D eigenvalue weighted by molar-refractivity contribution is -0.00245. The van der Waals surface area contributed by atoms with Gasteiger partial charge in [-0.2, -0.15) is 4.98 Å². The van der Waals surface area contributed by atoms with Crippen molar-refractivity contribution in [2.24, 2.45) is 5.92 Å². The van der Waals surface area contributed by atoms with Crippen LogP contribution in [0.15, 0.2) is 4.52 Å². The maximum absolute atomic E-state index is 11.8. The first-order chi connectivity index (χ1) is 10.6. The highest BCUT2D eigenvalue weighted by atomic mass is 16.5. The van der Waals surface area contributed by atoms with Crippen LogP contribution in [0.5, 0.6) is 0 Å². The first kappa shape index (κ1) is 16.7. The molecule has 1 aromatic heterocycles. The fourth-order valence-electron chi connectivity index (χ4n) is 2.70. The molecule has 2 amide bonds. The Morgan fingerprint density at radius 2 is 2.23 bits per heavy atom. The van der Waals surface area contributed by atoms with E-state index in [2.05, 4.69) is 27.7 Å². The molecule has 0 unspecified atom stereocenters. The number of hydrogen-bond acceptors (Lipinski definition) is 5. The average Bonchev–Trinajstić information content (AvgIpc) is 2.92. The molecule has 22 heavy (non-hydrogen) atoms. The third-order valence-electron chi connectivity index (χ3n) is 4.01. The standard InChI is InChI=1S/C15H26N4O3/c1-10-6-4-5-7-13(10)21-9-8-16-15(20)17-11(2)14-18-12(3)19-22-14/h10-11,13H,4-9H2,1-3H3,(H2,16,17,20)/t10-,11+,13+/m1/s1. The summed E-state index contributed by atoms with van der Waals surface area (Å²) in [6, 6.07) is -0.580. The summed E-state index contributed by atoms with van der Waals surface area (Å²) >= 11 is 0. The SMILES string of the molecule is Cc1noc([C@H](C)NC(=O)NCCO[C@H]2CCCC[C@H]2C)n1. The zero-order valence-electron chi connectivity index (χ0n) is 13.6. The quantitative estimate of drug-likeness (QED) is 0.787. The van der Waals surface area contributed by atoms with Crippen LogP contribution in [0.3, 0.4) is 0 Å². The van der Waals surface area contributed by atoms with E-state index in [-0.39, 0.29) is 12.1 Å². The first-order valence-corrected chi connectivity index (χ1v) is 8.02. The van der Waals surface area contributed by atoms with Gasteiger partial charge in [-0.1, -0.05) is 24.9 Å². The number of aryl methyl sites for hydroxylation is 1. The third kappa shape index (κ3) is 4.98. The lowest BCUT2D eigenvalue weighted by Gasteiger charge is -2.28. The molecule has 3 atom stereocenters. The van der Waals surface area contributed by atoms with Crippen LogP contribution in [0.25, 0.3) is 0 Å². The van der Waals surface area contributed by atoms with Gasteiger partial charge >= 0.3 is 6.03 Å². The van der Waals surface area contributed by atoms with Crippen molar-refractivity contribution in [1.29, 1.82) is 0 Å². The van der Waals surface area contributed by atoms with Gasteiger partial charge in [0, 0.05) is 6.54 Å². The molecule has 7 heteroatoms. The average molecular weight is 310 g/mol. The molecule has 0 aromatic carbocycles. The van der Waals surface area contributed by atoms with Crippen LogP contribution in [0.2, 0.25) is 0 Å². The second-order valence-electron chi connectivity index (χ2n) is 5.97. The van der Waals surface area contributed by atoms with Crippen molar-refractivity contribution < 1.29 is 14.1 Å². The van der Waals surface area contributed by atoms with Gasteiger partial charge in [-0.15, -0.1) is 0 Å². The van der Waals surface area contributed by atoms with Crippen LogP contribution in [0.4, 0.5) is 4.79 Å². The van der Waals surface area contributed by atoms with E-state index in [1.807, 2.05) is 0 Å². The van der Waals surface area contributed by atoms with E-state index in [1.54, 1.807) is 13.8 Å². The molecule has 0 spiro atoms. The lowest BCUT2D eigenvalue weighted by atomic mass is 9.88. The number of amides is 2. The van der Waals surface area contributed by atoms with Crippen molar-refractivity contribution in [2.45, 2.75) is 58.6 Å². The van der Waals surface area contributed by atoms with Crippen LogP contribution in [0, 0.1) is 12.8 Å². The van der Waals surface area contributed by atoms with Crippen molar-refractivity contribution in [1.82, 2.24) is 20.8 Å². The second-order valence-corrected chi connectivity index (χ2v) is 5.97. The van der Waals surface area contributed by atoms with E-state index in [0.29, 0.717) is 36.9 Å². The van der Waals surface area contributed by atoms with Crippen molar-refractivity contribution in [3.63, 3.8) is 0 Å². The minimum absolute atomic E-state index is 0.261. The van der Waals surface area contributed by atoms with E-state index < -0.39 is 0 Å². The summed E-state index contributed by atoms with van der Waals surface area (Å²) in [5, 5.41) is 9.24. The molecule has 7 nitrogen and oxygen atoms in total. The van der Waals surface area contributed by atoms with Crippen LogP contribution in [-0.2, 0) is 4.74 Å². The molecular formula is C15H26N4O3. The summed E-state index contributed by atoms with van der Waals surface area (Å²) in [5.41, 5.74) is 0. The van der Waals surface area contributed by atoms with Gasteiger partial charge in [0.2, 0.25) is 5.89 Å². The molecule has 0 saturated heterocycles. The first-order valence-electron chi connectivity index (χ1n) is 8.02. The lowest BCUT2D eigenvalue weighted by Crippen LogP contribution is -2.39. The molecule has 2 N–H and O–H groups in total. The molecule has 1 aliphatic carbocycles. The molecule has 0 bridgehead atoms. The van der Waals surface area contributed by atoms with E-state index in [0.717, 1.165) is 6.42 Å². The number of aromatic nitrogens is 2. The van der Waals surface area contributed by atoms with Crippen molar-refractivity contribution in [2.75, 3.05) is 13.2 Å². The Morgan fingerprint density at radius 3 is 2.91 bits per heavy atom. The van der Waals surface area contributed by atoms with Gasteiger partial charge in [-0.25, -0.2) is 4.79 Å². The Kier molecular flexibility index (Phi) is 6.18. The Hall–Kier alpha value is -1.63. The zero-order chi connectivity index (χ0) is 15.9. The van der Waals surface area contributed by atoms with Gasteiger partial charge in [-0.05, 0) is 32.6 Å². The molecule has 0 aliphatic heterocycles. The van der Waals surface area contributed by atoms with Gasteiger partial charge in [0.15, 0.2) is 5.82 Å². The van der Waals surface area contributed by atoms with E-state index in [1.165, 1.54) is 19.3 Å². The predicted octanol–water partition coefficient (Wildman–Crippen LogP) is 2.33. The number of carbonyl (C=O) groups excluding carboxylic acids is 1. The molecular weight excluding hydrogens is 284 g/mol. The van der Waals surface area contributed by atoms with Crippen LogP contribution in [0.1, 0.15) is 57.3 Å². The zero-order valence-corrected chi connectivity index (χ0v) is 13.6. The highest BCUT2D eigenvalue weighted by Crippen LogP contribution is 2.25. The van der Waals surface area contributed by atoms with Crippen molar-refractivity contribution in [3.8, 4) is 0 Å². The number of ether oxygens (including phenoxy) is 1. The van der Waals surface area contributed by atoms with Gasteiger partial charge in [0.1, 0.15) is 6.04 Å². The summed E-state index contributed by atoms with van der Waals surface area (Å²) in [7, 11) is 0. The molecule has 2 rings (SSSR count). The number of carbonyl (C=O) groups is 1. The topological polar surface area (TPSA) is 89.3 Å². The predicted molar refractivity (Wildman–Crippen MR) is 81.4 cm³/mol. The number of rotatable bonds is 6. The van der Waals surface area contributed by atoms with Crippen LogP contribution < -0.4 is 10.6 Å². The number of nitrogens with one attached hydrogen (secondary N) is 2. The maximum Gasteiger partial charge on any atom is 0.315 e. The fraction of sp³-hybridized carbons (Fsp3) is 0.800. The minimum atomic E-state index is -0.319. The highest BCUT2D eigenvalue weighted by Gasteiger charge is 2.21.